The van der Waals surface area contributed by atoms with Gasteiger partial charge in [-0.2, -0.15) is 0 Å². The lowest BCUT2D eigenvalue weighted by Crippen LogP contribution is -2.25. The molecule has 1 heterocycles. The number of carbonyl (C=O) groups is 1. The Balaban J connectivity index is 0.00000144. The maximum atomic E-state index is 11.2. The number of ketones is 1. The largest absolute Gasteiger partial charge is 0.294 e. The van der Waals surface area contributed by atoms with Gasteiger partial charge in [0.2, 0.25) is 0 Å². The Morgan fingerprint density at radius 3 is 2.31 bits per heavy atom. The molecule has 0 radical (unpaired) electrons. The summed E-state index contributed by atoms with van der Waals surface area (Å²) in [4.78, 5) is 15.5. The normalized spacial score (nSPS) is 17.4. The highest BCUT2D eigenvalue weighted by Gasteiger charge is 2.23. The van der Waals surface area contributed by atoms with E-state index in [1.165, 1.54) is 0 Å². The van der Waals surface area contributed by atoms with Gasteiger partial charge in [-0.3, -0.25) is 9.79 Å². The molecule has 0 bridgehead atoms. The van der Waals surface area contributed by atoms with Crippen molar-refractivity contribution in [2.75, 3.05) is 0 Å². The van der Waals surface area contributed by atoms with E-state index in [0.29, 0.717) is 6.42 Å². The summed E-state index contributed by atoms with van der Waals surface area (Å²) in [5, 5.41) is 0. The summed E-state index contributed by atoms with van der Waals surface area (Å²) in [5.74, 6) is 0.174. The highest BCUT2D eigenvalue weighted by Crippen LogP contribution is 2.22. The van der Waals surface area contributed by atoms with Gasteiger partial charge in [-0.1, -0.05) is 28.2 Å². The molecule has 0 aromatic rings. The van der Waals surface area contributed by atoms with Crippen LogP contribution in [0.25, 0.3) is 0 Å². The highest BCUT2D eigenvalue weighted by molar-refractivity contribution is 6.10. The maximum absolute atomic E-state index is 11.2. The maximum Gasteiger partial charge on any atom is 0.163 e. The van der Waals surface area contributed by atoms with Crippen molar-refractivity contribution in [3.8, 4) is 0 Å². The molecule has 2 heteroatoms. The molecule has 0 unspecified atom stereocenters. The van der Waals surface area contributed by atoms with Crippen LogP contribution in [-0.2, 0) is 4.79 Å². The third kappa shape index (κ3) is 3.13. The van der Waals surface area contributed by atoms with E-state index in [0.717, 1.165) is 11.4 Å². The minimum atomic E-state index is 0. The SMILES string of the molecule is C.CC1=CC(=O)CC(C(C)(C)C)=N1. The molecule has 0 atom stereocenters. The zero-order valence-corrected chi connectivity index (χ0v) is 8.14. The third-order valence-electron chi connectivity index (χ3n) is 1.89. The van der Waals surface area contributed by atoms with Crippen molar-refractivity contribution in [3.63, 3.8) is 0 Å². The van der Waals surface area contributed by atoms with Crippen molar-refractivity contribution in [1.82, 2.24) is 0 Å². The van der Waals surface area contributed by atoms with Gasteiger partial charge in [0.1, 0.15) is 0 Å². The molecule has 13 heavy (non-hydrogen) atoms. The number of carbonyl (C=O) groups excluding carboxylic acids is 1. The van der Waals surface area contributed by atoms with Gasteiger partial charge in [0.05, 0.1) is 0 Å². The van der Waals surface area contributed by atoms with Crippen LogP contribution in [0.2, 0.25) is 0 Å². The Kier molecular flexibility index (Phi) is 3.59. The zero-order valence-electron chi connectivity index (χ0n) is 8.14. The summed E-state index contributed by atoms with van der Waals surface area (Å²) < 4.78 is 0. The molecule has 0 spiro atoms. The Hall–Kier alpha value is -0.920. The molecule has 0 aliphatic carbocycles. The van der Waals surface area contributed by atoms with Crippen molar-refractivity contribution < 1.29 is 4.79 Å². The average molecular weight is 181 g/mol. The molecule has 1 rings (SSSR count). The topological polar surface area (TPSA) is 29.4 Å². The molecular formula is C11H19NO. The fraction of sp³-hybridized carbons (Fsp3) is 0.636. The van der Waals surface area contributed by atoms with Gasteiger partial charge >= 0.3 is 0 Å². The summed E-state index contributed by atoms with van der Waals surface area (Å²) in [6.45, 7) is 8.11. The van der Waals surface area contributed by atoms with Gasteiger partial charge in [-0.15, -0.1) is 0 Å². The number of nitrogens with zero attached hydrogens (tertiary/aromatic N) is 1. The molecule has 0 aromatic carbocycles. The van der Waals surface area contributed by atoms with Crippen molar-refractivity contribution >= 4 is 11.5 Å². The number of hydrogen-bond donors (Lipinski definition) is 0. The van der Waals surface area contributed by atoms with Gasteiger partial charge in [-0.25, -0.2) is 0 Å². The van der Waals surface area contributed by atoms with E-state index >= 15 is 0 Å². The van der Waals surface area contributed by atoms with E-state index in [1.807, 2.05) is 6.92 Å². The first-order chi connectivity index (χ1) is 5.39. The predicted molar refractivity (Wildman–Crippen MR) is 57.0 cm³/mol. The molecule has 0 amide bonds. The van der Waals surface area contributed by atoms with Gasteiger partial charge in [0.25, 0.3) is 0 Å². The van der Waals surface area contributed by atoms with Crippen molar-refractivity contribution in [2.24, 2.45) is 10.4 Å². The molecule has 0 saturated heterocycles. The summed E-state index contributed by atoms with van der Waals surface area (Å²) in [5.41, 5.74) is 1.84. The second-order valence-electron chi connectivity index (χ2n) is 4.24. The summed E-state index contributed by atoms with van der Waals surface area (Å²) >= 11 is 0. The number of aliphatic imine (C=N–C) groups is 1. The van der Waals surface area contributed by atoms with Crippen LogP contribution in [0.3, 0.4) is 0 Å². The van der Waals surface area contributed by atoms with Crippen LogP contribution in [0.4, 0.5) is 0 Å². The predicted octanol–water partition coefficient (Wildman–Crippen LogP) is 2.99. The van der Waals surface area contributed by atoms with E-state index in [4.69, 9.17) is 0 Å². The first kappa shape index (κ1) is 12.1. The van der Waals surface area contributed by atoms with E-state index in [2.05, 4.69) is 25.8 Å². The monoisotopic (exact) mass is 181 g/mol. The third-order valence-corrected chi connectivity index (χ3v) is 1.89. The van der Waals surface area contributed by atoms with Gasteiger partial charge in [0, 0.05) is 29.3 Å². The van der Waals surface area contributed by atoms with Crippen molar-refractivity contribution in [2.45, 2.75) is 41.5 Å². The van der Waals surface area contributed by atoms with Crippen LogP contribution >= 0.6 is 0 Å². The fourth-order valence-electron chi connectivity index (χ4n) is 1.17. The summed E-state index contributed by atoms with van der Waals surface area (Å²) in [7, 11) is 0. The van der Waals surface area contributed by atoms with Crippen molar-refractivity contribution in [3.05, 3.63) is 11.8 Å². The molecule has 0 saturated carbocycles. The van der Waals surface area contributed by atoms with Gasteiger partial charge in [-0.05, 0) is 6.92 Å². The van der Waals surface area contributed by atoms with Crippen molar-refractivity contribution in [1.29, 1.82) is 0 Å². The van der Waals surface area contributed by atoms with Crippen LogP contribution in [0, 0.1) is 5.41 Å². The van der Waals surface area contributed by atoms with Crippen LogP contribution < -0.4 is 0 Å². The molecular weight excluding hydrogens is 162 g/mol. The van der Waals surface area contributed by atoms with Gasteiger partial charge in [0.15, 0.2) is 5.78 Å². The molecule has 1 aliphatic heterocycles. The minimum Gasteiger partial charge on any atom is -0.294 e. The van der Waals surface area contributed by atoms with Crippen LogP contribution in [0.15, 0.2) is 16.8 Å². The first-order valence-electron chi connectivity index (χ1n) is 4.19. The molecule has 0 fully saturated rings. The van der Waals surface area contributed by atoms with Gasteiger partial charge < -0.3 is 0 Å². The Bertz CT molecular complexity index is 266. The Morgan fingerprint density at radius 1 is 1.38 bits per heavy atom. The van der Waals surface area contributed by atoms with Crippen LogP contribution in [0.5, 0.6) is 0 Å². The summed E-state index contributed by atoms with van der Waals surface area (Å²) in [6.07, 6.45) is 2.09. The lowest BCUT2D eigenvalue weighted by molar-refractivity contribution is -0.113. The highest BCUT2D eigenvalue weighted by atomic mass is 16.1. The van der Waals surface area contributed by atoms with E-state index < -0.39 is 0 Å². The second kappa shape index (κ2) is 3.86. The average Bonchev–Trinajstić information content (AvgIpc) is 1.82. The second-order valence-corrected chi connectivity index (χ2v) is 4.24. The fourth-order valence-corrected chi connectivity index (χ4v) is 1.17. The zero-order chi connectivity index (χ0) is 9.35. The van der Waals surface area contributed by atoms with E-state index in [-0.39, 0.29) is 18.6 Å². The molecule has 2 nitrogen and oxygen atoms in total. The lowest BCUT2D eigenvalue weighted by atomic mass is 9.86. The number of hydrogen-bond acceptors (Lipinski definition) is 2. The molecule has 1 aliphatic rings. The Labute approximate surface area is 80.8 Å². The van der Waals surface area contributed by atoms with E-state index in [9.17, 15) is 4.79 Å². The summed E-state index contributed by atoms with van der Waals surface area (Å²) in [6, 6.07) is 0. The Morgan fingerprint density at radius 2 is 1.92 bits per heavy atom. The van der Waals surface area contributed by atoms with E-state index in [1.54, 1.807) is 6.08 Å². The minimum absolute atomic E-state index is 0. The molecule has 0 aromatic heterocycles. The lowest BCUT2D eigenvalue weighted by Gasteiger charge is -2.22. The molecule has 0 N–H and O–H groups in total. The quantitative estimate of drug-likeness (QED) is 0.565. The smallest absolute Gasteiger partial charge is 0.163 e. The number of allylic oxidation sites excluding steroid dienone is 2. The van der Waals surface area contributed by atoms with Crippen LogP contribution in [0.1, 0.15) is 41.5 Å². The number of rotatable bonds is 0. The molecule has 74 valence electrons. The first-order valence-corrected chi connectivity index (χ1v) is 4.19. The standard InChI is InChI=1S/C10H15NO.CH4/c1-7-5-8(12)6-9(11-7)10(2,3)4;/h5H,6H2,1-4H3;1H4. The van der Waals surface area contributed by atoms with Crippen LogP contribution in [-0.4, -0.2) is 11.5 Å².